The number of rotatable bonds is 5. The largest absolute Gasteiger partial charge is 0.379 e. The first-order valence-electron chi connectivity index (χ1n) is 8.46. The van der Waals surface area contributed by atoms with Crippen LogP contribution in [0.3, 0.4) is 0 Å². The van der Waals surface area contributed by atoms with E-state index in [2.05, 4.69) is 21.5 Å². The van der Waals surface area contributed by atoms with Gasteiger partial charge in [0, 0.05) is 37.6 Å². The van der Waals surface area contributed by atoms with E-state index in [9.17, 15) is 10.1 Å². The first-order valence-corrected chi connectivity index (χ1v) is 8.46. The summed E-state index contributed by atoms with van der Waals surface area (Å²) in [5.41, 5.74) is 4.66. The fourth-order valence-corrected chi connectivity index (χ4v) is 3.09. The summed E-state index contributed by atoms with van der Waals surface area (Å²) in [5.74, 6) is 0. The predicted molar refractivity (Wildman–Crippen MR) is 104 cm³/mol. The van der Waals surface area contributed by atoms with Crippen LogP contribution in [0.5, 0.6) is 0 Å². The zero-order valence-corrected chi connectivity index (χ0v) is 14.7. The maximum atomic E-state index is 11.2. The molecule has 2 heterocycles. The number of anilines is 1. The third kappa shape index (κ3) is 3.35. The van der Waals surface area contributed by atoms with Crippen LogP contribution in [-0.2, 0) is 13.6 Å². The summed E-state index contributed by atoms with van der Waals surface area (Å²) in [6.07, 6.45) is 5.45. The van der Waals surface area contributed by atoms with Crippen LogP contribution >= 0.6 is 0 Å². The lowest BCUT2D eigenvalue weighted by Crippen LogP contribution is -2.02. The van der Waals surface area contributed by atoms with Crippen LogP contribution in [0, 0.1) is 10.1 Å². The van der Waals surface area contributed by atoms with E-state index < -0.39 is 0 Å². The quantitative estimate of drug-likeness (QED) is 0.427. The van der Waals surface area contributed by atoms with Crippen molar-refractivity contribution in [2.45, 2.75) is 6.54 Å². The number of nitro benzene ring substituents is 1. The topological polar surface area (TPSA) is 85.9 Å². The van der Waals surface area contributed by atoms with Crippen LogP contribution in [0.4, 0.5) is 11.4 Å². The molecule has 4 rings (SSSR count). The number of aromatic nitrogens is 3. The molecule has 0 spiro atoms. The molecule has 0 radical (unpaired) electrons. The molecule has 2 aromatic heterocycles. The lowest BCUT2D eigenvalue weighted by atomic mass is 10.1. The Morgan fingerprint density at radius 3 is 2.81 bits per heavy atom. The second-order valence-corrected chi connectivity index (χ2v) is 6.25. The van der Waals surface area contributed by atoms with E-state index in [1.54, 1.807) is 29.1 Å². The number of nitrogens with zero attached hydrogens (tertiary/aromatic N) is 4. The Morgan fingerprint density at radius 2 is 2.04 bits per heavy atom. The van der Waals surface area contributed by atoms with Crippen molar-refractivity contribution in [1.29, 1.82) is 0 Å². The predicted octanol–water partition coefficient (Wildman–Crippen LogP) is 4.16. The number of benzene rings is 2. The molecule has 0 aliphatic heterocycles. The first kappa shape index (κ1) is 16.7. The molecule has 0 saturated carbocycles. The summed E-state index contributed by atoms with van der Waals surface area (Å²) >= 11 is 0. The van der Waals surface area contributed by atoms with Crippen molar-refractivity contribution in [2.75, 3.05) is 5.32 Å². The molecule has 1 N–H and O–H groups in total. The minimum Gasteiger partial charge on any atom is -0.379 e. The molecule has 4 aromatic rings. The summed E-state index contributed by atoms with van der Waals surface area (Å²) in [6, 6.07) is 14.8. The lowest BCUT2D eigenvalue weighted by Gasteiger charge is -2.10. The summed E-state index contributed by atoms with van der Waals surface area (Å²) in [6.45, 7) is 0.581. The van der Waals surface area contributed by atoms with Crippen molar-refractivity contribution in [3.63, 3.8) is 0 Å². The van der Waals surface area contributed by atoms with Gasteiger partial charge in [0.25, 0.3) is 5.69 Å². The first-order chi connectivity index (χ1) is 13.1. The van der Waals surface area contributed by atoms with E-state index in [0.717, 1.165) is 22.4 Å². The molecule has 27 heavy (non-hydrogen) atoms. The molecule has 0 unspecified atom stereocenters. The zero-order valence-electron chi connectivity index (χ0n) is 14.7. The van der Waals surface area contributed by atoms with Crippen LogP contribution < -0.4 is 5.32 Å². The highest BCUT2D eigenvalue weighted by molar-refractivity contribution is 5.96. The van der Waals surface area contributed by atoms with Gasteiger partial charge in [0.1, 0.15) is 5.52 Å². The SMILES string of the molecule is Cn1cc(-c2cccc(CNc3ccc([N+](=O)[O-])c4cccnc34)c2)cn1. The van der Waals surface area contributed by atoms with Crippen LogP contribution in [0.2, 0.25) is 0 Å². The van der Waals surface area contributed by atoms with E-state index in [4.69, 9.17) is 0 Å². The van der Waals surface area contributed by atoms with Crippen molar-refractivity contribution in [2.24, 2.45) is 7.05 Å². The second kappa shape index (κ2) is 6.87. The second-order valence-electron chi connectivity index (χ2n) is 6.25. The van der Waals surface area contributed by atoms with Crippen molar-refractivity contribution in [1.82, 2.24) is 14.8 Å². The Labute approximate surface area is 155 Å². The molecule has 0 atom stereocenters. The lowest BCUT2D eigenvalue weighted by molar-refractivity contribution is -0.383. The van der Waals surface area contributed by atoms with E-state index in [1.807, 2.05) is 37.6 Å². The normalized spacial score (nSPS) is 10.9. The summed E-state index contributed by atoms with van der Waals surface area (Å²) in [5, 5.41) is 19.3. The highest BCUT2D eigenvalue weighted by Gasteiger charge is 2.14. The number of hydrogen-bond donors (Lipinski definition) is 1. The summed E-state index contributed by atoms with van der Waals surface area (Å²) < 4.78 is 1.77. The van der Waals surface area contributed by atoms with E-state index in [0.29, 0.717) is 17.4 Å². The maximum absolute atomic E-state index is 11.2. The number of aryl methyl sites for hydroxylation is 1. The fraction of sp³-hybridized carbons (Fsp3) is 0.100. The standard InChI is InChI=1S/C20H17N5O2/c1-24-13-16(12-23-24)15-5-2-4-14(10-15)11-22-18-7-8-19(25(26)27)17-6-3-9-21-20(17)18/h2-10,12-13,22H,11H2,1H3. The Balaban J connectivity index is 1.61. The number of nitrogens with one attached hydrogen (secondary N) is 1. The monoisotopic (exact) mass is 359 g/mol. The Kier molecular flexibility index (Phi) is 4.25. The van der Waals surface area contributed by atoms with Gasteiger partial charge in [0.05, 0.1) is 22.2 Å². The van der Waals surface area contributed by atoms with Gasteiger partial charge in [-0.25, -0.2) is 0 Å². The molecule has 134 valence electrons. The van der Waals surface area contributed by atoms with Gasteiger partial charge >= 0.3 is 0 Å². The average Bonchev–Trinajstić information content (AvgIpc) is 3.12. The van der Waals surface area contributed by atoms with E-state index >= 15 is 0 Å². The number of nitro groups is 1. The molecule has 0 saturated heterocycles. The van der Waals surface area contributed by atoms with Crippen LogP contribution in [-0.4, -0.2) is 19.7 Å². The smallest absolute Gasteiger partial charge is 0.278 e. The fourth-order valence-electron chi connectivity index (χ4n) is 3.09. The molecular weight excluding hydrogens is 342 g/mol. The molecule has 0 aliphatic rings. The molecule has 0 amide bonds. The Hall–Kier alpha value is -3.74. The molecule has 0 fully saturated rings. The molecule has 0 aliphatic carbocycles. The average molecular weight is 359 g/mol. The number of pyridine rings is 1. The number of hydrogen-bond acceptors (Lipinski definition) is 5. The van der Waals surface area contributed by atoms with Gasteiger partial charge in [0.2, 0.25) is 0 Å². The summed E-state index contributed by atoms with van der Waals surface area (Å²) in [4.78, 5) is 15.2. The van der Waals surface area contributed by atoms with Gasteiger partial charge < -0.3 is 5.32 Å². The van der Waals surface area contributed by atoms with Gasteiger partial charge in [-0.1, -0.05) is 18.2 Å². The third-order valence-electron chi connectivity index (χ3n) is 4.39. The maximum Gasteiger partial charge on any atom is 0.278 e. The van der Waals surface area contributed by atoms with E-state index in [-0.39, 0.29) is 10.6 Å². The molecule has 7 heteroatoms. The molecular formula is C20H17N5O2. The van der Waals surface area contributed by atoms with Gasteiger partial charge in [-0.05, 0) is 35.4 Å². The van der Waals surface area contributed by atoms with Crippen LogP contribution in [0.15, 0.2) is 67.1 Å². The van der Waals surface area contributed by atoms with Crippen LogP contribution in [0.25, 0.3) is 22.0 Å². The van der Waals surface area contributed by atoms with Crippen molar-refractivity contribution < 1.29 is 4.92 Å². The third-order valence-corrected chi connectivity index (χ3v) is 4.39. The number of fused-ring (bicyclic) bond motifs is 1. The molecule has 0 bridgehead atoms. The number of non-ortho nitro benzene ring substituents is 1. The van der Waals surface area contributed by atoms with Gasteiger partial charge in [-0.3, -0.25) is 19.8 Å². The zero-order chi connectivity index (χ0) is 18.8. The highest BCUT2D eigenvalue weighted by atomic mass is 16.6. The van der Waals surface area contributed by atoms with Gasteiger partial charge in [-0.15, -0.1) is 0 Å². The summed E-state index contributed by atoms with van der Waals surface area (Å²) in [7, 11) is 1.89. The Bertz CT molecular complexity index is 1140. The van der Waals surface area contributed by atoms with Crippen molar-refractivity contribution in [3.8, 4) is 11.1 Å². The highest BCUT2D eigenvalue weighted by Crippen LogP contribution is 2.30. The van der Waals surface area contributed by atoms with Gasteiger partial charge in [-0.2, -0.15) is 5.10 Å². The van der Waals surface area contributed by atoms with Crippen molar-refractivity contribution >= 4 is 22.3 Å². The molecule has 2 aromatic carbocycles. The van der Waals surface area contributed by atoms with Crippen molar-refractivity contribution in [3.05, 3.63) is 82.8 Å². The Morgan fingerprint density at radius 1 is 1.15 bits per heavy atom. The van der Waals surface area contributed by atoms with E-state index in [1.165, 1.54) is 6.07 Å². The van der Waals surface area contributed by atoms with Gasteiger partial charge in [0.15, 0.2) is 0 Å². The minimum absolute atomic E-state index is 0.0576. The molecule has 7 nitrogen and oxygen atoms in total. The minimum atomic E-state index is -0.384. The van der Waals surface area contributed by atoms with Crippen LogP contribution in [0.1, 0.15) is 5.56 Å².